The maximum absolute atomic E-state index is 12.9. The van der Waals surface area contributed by atoms with Crippen LogP contribution in [-0.2, 0) is 15.9 Å². The molecule has 29 heavy (non-hydrogen) atoms. The number of aliphatic imine (C=N–C) groups is 2. The van der Waals surface area contributed by atoms with E-state index in [1.807, 2.05) is 25.1 Å². The molecule has 1 amide bonds. The highest BCUT2D eigenvalue weighted by Crippen LogP contribution is 2.25. The highest BCUT2D eigenvalue weighted by atomic mass is 79.9. The monoisotopic (exact) mass is 459 g/mol. The van der Waals surface area contributed by atoms with Crippen molar-refractivity contribution < 1.29 is 19.0 Å². The van der Waals surface area contributed by atoms with Gasteiger partial charge >= 0.3 is 6.02 Å². The number of nitrogens with zero attached hydrogens (tertiary/aromatic N) is 2. The molecule has 8 heteroatoms. The van der Waals surface area contributed by atoms with Crippen LogP contribution in [0.3, 0.4) is 0 Å². The number of amidine groups is 1. The van der Waals surface area contributed by atoms with Crippen LogP contribution in [0.2, 0.25) is 0 Å². The van der Waals surface area contributed by atoms with Gasteiger partial charge in [-0.25, -0.2) is 4.99 Å². The van der Waals surface area contributed by atoms with E-state index in [-0.39, 0.29) is 11.9 Å². The number of aryl methyl sites for hydroxylation is 1. The van der Waals surface area contributed by atoms with Crippen LogP contribution in [0.15, 0.2) is 56.9 Å². The zero-order valence-corrected chi connectivity index (χ0v) is 18.0. The Morgan fingerprint density at radius 2 is 2.03 bits per heavy atom. The molecule has 1 atom stereocenters. The van der Waals surface area contributed by atoms with Crippen LogP contribution in [0.4, 0.5) is 5.69 Å². The van der Waals surface area contributed by atoms with Crippen LogP contribution in [-0.4, -0.2) is 38.3 Å². The van der Waals surface area contributed by atoms with Crippen molar-refractivity contribution in [1.29, 1.82) is 0 Å². The van der Waals surface area contributed by atoms with Crippen molar-refractivity contribution in [3.63, 3.8) is 0 Å². The Morgan fingerprint density at radius 3 is 2.76 bits per heavy atom. The molecule has 0 fully saturated rings. The van der Waals surface area contributed by atoms with Crippen LogP contribution in [0.25, 0.3) is 0 Å². The van der Waals surface area contributed by atoms with E-state index in [9.17, 15) is 4.79 Å². The van der Waals surface area contributed by atoms with Crippen molar-refractivity contribution in [2.45, 2.75) is 26.0 Å². The molecule has 1 aliphatic rings. The fraction of sp³-hybridized carbons (Fsp3) is 0.286. The van der Waals surface area contributed by atoms with Crippen LogP contribution in [0.1, 0.15) is 29.3 Å². The number of para-hydroxylation sites is 1. The topological polar surface area (TPSA) is 81.5 Å². The molecule has 0 spiro atoms. The second kappa shape index (κ2) is 9.67. The number of rotatable bonds is 5. The lowest BCUT2D eigenvalue weighted by Gasteiger charge is -2.18. The Bertz CT molecular complexity index is 959. The first kappa shape index (κ1) is 21.0. The number of amides is 1. The number of anilines is 1. The van der Waals surface area contributed by atoms with Gasteiger partial charge < -0.3 is 19.5 Å². The van der Waals surface area contributed by atoms with Crippen LogP contribution in [0.5, 0.6) is 5.75 Å². The minimum atomic E-state index is -0.451. The highest BCUT2D eigenvalue weighted by Gasteiger charge is 2.22. The number of methoxy groups -OCH3 is 2. The molecule has 7 nitrogen and oxygen atoms in total. The number of benzene rings is 2. The van der Waals surface area contributed by atoms with E-state index in [1.54, 1.807) is 31.4 Å². The van der Waals surface area contributed by atoms with E-state index in [1.165, 1.54) is 7.11 Å². The lowest BCUT2D eigenvalue weighted by atomic mass is 10.1. The third kappa shape index (κ3) is 5.21. The average molecular weight is 460 g/mol. The molecule has 152 valence electrons. The van der Waals surface area contributed by atoms with Gasteiger partial charge in [0.15, 0.2) is 12.1 Å². The summed E-state index contributed by atoms with van der Waals surface area (Å²) in [5.74, 6) is 0.509. The van der Waals surface area contributed by atoms with E-state index in [4.69, 9.17) is 14.2 Å². The summed E-state index contributed by atoms with van der Waals surface area (Å²) < 4.78 is 17.3. The zero-order valence-electron chi connectivity index (χ0n) is 16.4. The summed E-state index contributed by atoms with van der Waals surface area (Å²) in [7, 11) is 3.08. The maximum atomic E-state index is 12.9. The molecule has 2 aromatic carbocycles. The highest BCUT2D eigenvalue weighted by molar-refractivity contribution is 9.10. The number of nitrogens with one attached hydrogen (secondary N) is 1. The second-order valence-electron chi connectivity index (χ2n) is 6.22. The van der Waals surface area contributed by atoms with Crippen LogP contribution in [0, 0.1) is 0 Å². The summed E-state index contributed by atoms with van der Waals surface area (Å²) in [6.45, 7) is 2.04. The summed E-state index contributed by atoms with van der Waals surface area (Å²) in [5.41, 5.74) is 2.15. The number of hydrogen-bond donors (Lipinski definition) is 1. The van der Waals surface area contributed by atoms with Gasteiger partial charge in [-0.05, 0) is 42.3 Å². The Labute approximate surface area is 177 Å². The van der Waals surface area contributed by atoms with Gasteiger partial charge in [0.25, 0.3) is 5.91 Å². The fourth-order valence-corrected chi connectivity index (χ4v) is 3.23. The van der Waals surface area contributed by atoms with Crippen molar-refractivity contribution in [2.24, 2.45) is 9.98 Å². The predicted octanol–water partition coefficient (Wildman–Crippen LogP) is 4.42. The lowest BCUT2D eigenvalue weighted by Crippen LogP contribution is -2.26. The molecule has 0 radical (unpaired) electrons. The Balaban J connectivity index is 1.85. The largest absolute Gasteiger partial charge is 0.484 e. The standard InChI is InChI=1S/C21H22BrN3O4/c1-4-13-11-14(22)9-10-16(13)23-20(26)15-7-5-6-8-17(15)29-21-24-18(27-2)12-19(25-21)28-3/h5-11,18H,4,12H2,1-3H3,(H,23,26)/t18-/m0/s1. The average Bonchev–Trinajstić information content (AvgIpc) is 2.74. The molecule has 3 rings (SSSR count). The van der Waals surface area contributed by atoms with E-state index in [2.05, 4.69) is 31.2 Å². The van der Waals surface area contributed by atoms with Crippen molar-refractivity contribution in [2.75, 3.05) is 19.5 Å². The second-order valence-corrected chi connectivity index (χ2v) is 7.14. The first-order valence-electron chi connectivity index (χ1n) is 9.12. The summed E-state index contributed by atoms with van der Waals surface area (Å²) in [6.07, 6.45) is 0.760. The molecular weight excluding hydrogens is 438 g/mol. The number of halogens is 1. The van der Waals surface area contributed by atoms with Gasteiger partial charge in [0, 0.05) is 17.3 Å². The first-order valence-corrected chi connectivity index (χ1v) is 9.92. The third-order valence-corrected chi connectivity index (χ3v) is 4.85. The van der Waals surface area contributed by atoms with Gasteiger partial charge in [0.2, 0.25) is 0 Å². The van der Waals surface area contributed by atoms with E-state index < -0.39 is 6.23 Å². The zero-order chi connectivity index (χ0) is 20.8. The lowest BCUT2D eigenvalue weighted by molar-refractivity contribution is 0.102. The number of carbonyl (C=O) groups is 1. The van der Waals surface area contributed by atoms with Gasteiger partial charge in [0.05, 0.1) is 19.1 Å². The van der Waals surface area contributed by atoms with Crippen molar-refractivity contribution in [3.8, 4) is 5.75 Å². The normalized spacial score (nSPS) is 15.9. The van der Waals surface area contributed by atoms with Gasteiger partial charge in [-0.2, -0.15) is 4.99 Å². The minimum absolute atomic E-state index is 0.0816. The van der Waals surface area contributed by atoms with E-state index in [0.29, 0.717) is 23.6 Å². The molecule has 0 unspecified atom stereocenters. The summed E-state index contributed by atoms with van der Waals surface area (Å²) >= 11 is 3.46. The summed E-state index contributed by atoms with van der Waals surface area (Å²) in [6, 6.07) is 12.8. The Morgan fingerprint density at radius 1 is 1.24 bits per heavy atom. The molecule has 1 N–H and O–H groups in total. The van der Waals surface area contributed by atoms with Gasteiger partial charge in [-0.15, -0.1) is 0 Å². The van der Waals surface area contributed by atoms with Crippen molar-refractivity contribution >= 4 is 39.4 Å². The van der Waals surface area contributed by atoms with Crippen LogP contribution >= 0.6 is 15.9 Å². The Kier molecular flexibility index (Phi) is 7.00. The maximum Gasteiger partial charge on any atom is 0.322 e. The molecule has 1 heterocycles. The molecule has 0 bridgehead atoms. The SMILES string of the molecule is CCc1cc(Br)ccc1NC(=O)c1ccccc1OC1=N[C@@H](OC)CC(OC)=N1. The fourth-order valence-electron chi connectivity index (χ4n) is 2.82. The molecule has 0 aliphatic carbocycles. The molecule has 0 saturated heterocycles. The van der Waals surface area contributed by atoms with E-state index in [0.717, 1.165) is 22.1 Å². The smallest absolute Gasteiger partial charge is 0.322 e. The molecule has 0 aromatic heterocycles. The molecule has 2 aromatic rings. The predicted molar refractivity (Wildman–Crippen MR) is 116 cm³/mol. The summed E-state index contributed by atoms with van der Waals surface area (Å²) in [5, 5.41) is 2.96. The Hall–Kier alpha value is -2.71. The number of carbonyl (C=O) groups excluding carboxylic acids is 1. The van der Waals surface area contributed by atoms with Crippen molar-refractivity contribution in [3.05, 3.63) is 58.1 Å². The number of hydrogen-bond acceptors (Lipinski definition) is 6. The van der Waals surface area contributed by atoms with E-state index >= 15 is 0 Å². The van der Waals surface area contributed by atoms with Gasteiger partial charge in [0.1, 0.15) is 5.75 Å². The molecular formula is C21H22BrN3O4. The van der Waals surface area contributed by atoms with Gasteiger partial charge in [-0.1, -0.05) is 35.0 Å². The van der Waals surface area contributed by atoms with Crippen molar-refractivity contribution in [1.82, 2.24) is 0 Å². The minimum Gasteiger partial charge on any atom is -0.484 e. The first-order chi connectivity index (χ1) is 14.0. The third-order valence-electron chi connectivity index (χ3n) is 4.36. The van der Waals surface area contributed by atoms with Gasteiger partial charge in [-0.3, -0.25) is 4.79 Å². The molecule has 1 aliphatic heterocycles. The number of ether oxygens (including phenoxy) is 3. The van der Waals surface area contributed by atoms with Crippen LogP contribution < -0.4 is 10.1 Å². The molecule has 0 saturated carbocycles. The summed E-state index contributed by atoms with van der Waals surface area (Å²) in [4.78, 5) is 21.4. The quantitative estimate of drug-likeness (QED) is 0.717.